The molecule has 0 saturated carbocycles. The van der Waals surface area contributed by atoms with Crippen LogP contribution in [0.2, 0.25) is 0 Å². The van der Waals surface area contributed by atoms with Crippen molar-refractivity contribution in [2.75, 3.05) is 13.2 Å². The van der Waals surface area contributed by atoms with Gasteiger partial charge in [0.1, 0.15) is 6.61 Å². The van der Waals surface area contributed by atoms with Crippen LogP contribution in [0.25, 0.3) is 0 Å². The number of hydrogen-bond acceptors (Lipinski definition) is 3. The van der Waals surface area contributed by atoms with Crippen LogP contribution >= 0.6 is 0 Å². The van der Waals surface area contributed by atoms with Gasteiger partial charge < -0.3 is 9.84 Å². The Hall–Kier alpha value is 1.07. The van der Waals surface area contributed by atoms with Gasteiger partial charge in [-0.1, -0.05) is 71.1 Å². The van der Waals surface area contributed by atoms with Gasteiger partial charge in [0.05, 0.1) is 6.61 Å². The van der Waals surface area contributed by atoms with Gasteiger partial charge in [-0.3, -0.25) is 4.79 Å². The molecule has 0 saturated heterocycles. The molecule has 0 aromatic heterocycles. The number of carbonyl (C=O) groups is 1. The molecular weight excluding hydrogens is 279 g/mol. The first-order valence-electron chi connectivity index (χ1n) is 8.07. The van der Waals surface area contributed by atoms with Gasteiger partial charge in [0.15, 0.2) is 0 Å². The van der Waals surface area contributed by atoms with Crippen molar-refractivity contribution < 1.29 is 14.6 Å². The zero-order valence-electron chi connectivity index (χ0n) is 12.7. The summed E-state index contributed by atoms with van der Waals surface area (Å²) in [7, 11) is 0. The van der Waals surface area contributed by atoms with E-state index in [1.54, 1.807) is 0 Å². The van der Waals surface area contributed by atoms with Crippen molar-refractivity contribution in [1.82, 2.24) is 0 Å². The molecule has 1 N–H and O–H groups in total. The number of carbonyl (C=O) groups excluding carboxylic acids is 1. The summed E-state index contributed by atoms with van der Waals surface area (Å²) in [6.07, 6.45) is 14.6. The molecule has 0 fully saturated rings. The maximum atomic E-state index is 11.1. The SMILES string of the molecule is CCCCCCCCCCCCCC(=O)OCCO.[KH]. The molecule has 4 heteroatoms. The molecule has 0 aromatic carbocycles. The van der Waals surface area contributed by atoms with Crippen molar-refractivity contribution in [3.8, 4) is 0 Å². The Labute approximate surface area is 167 Å². The van der Waals surface area contributed by atoms with E-state index in [1.165, 1.54) is 57.8 Å². The number of ether oxygens (including phenoxy) is 1. The Morgan fingerprint density at radius 2 is 1.30 bits per heavy atom. The third-order valence-electron chi connectivity index (χ3n) is 3.34. The molecule has 0 radical (unpaired) electrons. The van der Waals surface area contributed by atoms with E-state index in [-0.39, 0.29) is 70.6 Å². The van der Waals surface area contributed by atoms with Gasteiger partial charge in [0.25, 0.3) is 0 Å². The van der Waals surface area contributed by atoms with Gasteiger partial charge in [-0.25, -0.2) is 0 Å². The van der Waals surface area contributed by atoms with Gasteiger partial charge in [0, 0.05) is 6.42 Å². The van der Waals surface area contributed by atoms with Crippen LogP contribution in [0, 0.1) is 0 Å². The van der Waals surface area contributed by atoms with Crippen molar-refractivity contribution >= 4 is 57.4 Å². The topological polar surface area (TPSA) is 46.5 Å². The van der Waals surface area contributed by atoms with Gasteiger partial charge in [0.2, 0.25) is 0 Å². The quantitative estimate of drug-likeness (QED) is 0.303. The first kappa shape index (κ1) is 23.3. The fraction of sp³-hybridized carbons (Fsp3) is 0.938. The van der Waals surface area contributed by atoms with Crippen LogP contribution in [0.4, 0.5) is 0 Å². The predicted octanol–water partition coefficient (Wildman–Crippen LogP) is 3.57. The van der Waals surface area contributed by atoms with E-state index >= 15 is 0 Å². The summed E-state index contributed by atoms with van der Waals surface area (Å²) < 4.78 is 4.79. The van der Waals surface area contributed by atoms with Crippen LogP contribution in [0.5, 0.6) is 0 Å². The van der Waals surface area contributed by atoms with Gasteiger partial charge in [-0.15, -0.1) is 0 Å². The predicted molar refractivity (Wildman–Crippen MR) is 86.3 cm³/mol. The van der Waals surface area contributed by atoms with Crippen LogP contribution in [-0.4, -0.2) is 75.7 Å². The summed E-state index contributed by atoms with van der Waals surface area (Å²) in [6, 6.07) is 0. The third-order valence-corrected chi connectivity index (χ3v) is 3.34. The second-order valence-corrected chi connectivity index (χ2v) is 5.23. The molecule has 20 heavy (non-hydrogen) atoms. The van der Waals surface area contributed by atoms with E-state index in [0.29, 0.717) is 6.42 Å². The van der Waals surface area contributed by atoms with Crippen molar-refractivity contribution in [3.05, 3.63) is 0 Å². The van der Waals surface area contributed by atoms with E-state index in [0.717, 1.165) is 12.8 Å². The Kier molecular flexibility index (Phi) is 23.4. The van der Waals surface area contributed by atoms with Crippen LogP contribution in [-0.2, 0) is 9.53 Å². The molecule has 0 atom stereocenters. The van der Waals surface area contributed by atoms with Crippen molar-refractivity contribution in [2.45, 2.75) is 84.0 Å². The molecular formula is C16H33KO3. The van der Waals surface area contributed by atoms with Crippen LogP contribution in [0.15, 0.2) is 0 Å². The molecule has 0 aliphatic carbocycles. The number of esters is 1. The van der Waals surface area contributed by atoms with Crippen molar-refractivity contribution in [2.24, 2.45) is 0 Å². The second-order valence-electron chi connectivity index (χ2n) is 5.23. The normalized spacial score (nSPS) is 10.1. The Morgan fingerprint density at radius 3 is 1.75 bits per heavy atom. The number of aliphatic hydroxyl groups is 1. The Balaban J connectivity index is 0. The fourth-order valence-corrected chi connectivity index (χ4v) is 2.17. The maximum absolute atomic E-state index is 11.1. The molecule has 0 aromatic rings. The molecule has 0 spiro atoms. The molecule has 0 unspecified atom stereocenters. The molecule has 0 heterocycles. The van der Waals surface area contributed by atoms with Gasteiger partial charge >= 0.3 is 57.4 Å². The summed E-state index contributed by atoms with van der Waals surface area (Å²) in [5.41, 5.74) is 0. The Morgan fingerprint density at radius 1 is 0.850 bits per heavy atom. The molecule has 0 aliphatic heterocycles. The summed E-state index contributed by atoms with van der Waals surface area (Å²) in [4.78, 5) is 11.1. The van der Waals surface area contributed by atoms with E-state index in [1.807, 2.05) is 0 Å². The molecule has 0 aliphatic rings. The van der Waals surface area contributed by atoms with Crippen LogP contribution in [0.3, 0.4) is 0 Å². The Bertz CT molecular complexity index is 198. The average molecular weight is 313 g/mol. The fourth-order valence-electron chi connectivity index (χ4n) is 2.17. The van der Waals surface area contributed by atoms with E-state index in [9.17, 15) is 4.79 Å². The van der Waals surface area contributed by atoms with E-state index in [2.05, 4.69) is 6.92 Å². The zero-order chi connectivity index (χ0) is 14.2. The molecule has 0 amide bonds. The van der Waals surface area contributed by atoms with Crippen molar-refractivity contribution in [3.63, 3.8) is 0 Å². The van der Waals surface area contributed by atoms with Crippen LogP contribution < -0.4 is 0 Å². The second kappa shape index (κ2) is 20.1. The third kappa shape index (κ3) is 19.1. The molecule has 0 rings (SSSR count). The minimum absolute atomic E-state index is 0. The molecule has 0 bridgehead atoms. The summed E-state index contributed by atoms with van der Waals surface area (Å²) in [6.45, 7) is 2.31. The molecule has 116 valence electrons. The number of hydrogen-bond donors (Lipinski definition) is 1. The van der Waals surface area contributed by atoms with E-state index < -0.39 is 0 Å². The summed E-state index contributed by atoms with van der Waals surface area (Å²) >= 11 is 0. The monoisotopic (exact) mass is 312 g/mol. The van der Waals surface area contributed by atoms with Crippen molar-refractivity contribution in [1.29, 1.82) is 0 Å². The molecule has 3 nitrogen and oxygen atoms in total. The number of aliphatic hydroxyl groups excluding tert-OH is 1. The standard InChI is InChI=1S/C16H32O3.K.H/c1-2-3-4-5-6-7-8-9-10-11-12-13-16(18)19-15-14-17;;/h17H,2-15H2,1H3;;. The van der Waals surface area contributed by atoms with Crippen LogP contribution in [0.1, 0.15) is 84.0 Å². The summed E-state index contributed by atoms with van der Waals surface area (Å²) in [5.74, 6) is -0.176. The van der Waals surface area contributed by atoms with E-state index in [4.69, 9.17) is 9.84 Å². The first-order valence-corrected chi connectivity index (χ1v) is 8.07. The summed E-state index contributed by atoms with van der Waals surface area (Å²) in [5, 5.41) is 8.50. The van der Waals surface area contributed by atoms with Gasteiger partial charge in [-0.2, -0.15) is 0 Å². The first-order chi connectivity index (χ1) is 9.31. The zero-order valence-corrected chi connectivity index (χ0v) is 12.7. The number of rotatable bonds is 14. The number of unbranched alkanes of at least 4 members (excludes halogenated alkanes) is 10. The average Bonchev–Trinajstić information content (AvgIpc) is 2.42. The minimum atomic E-state index is -0.176. The van der Waals surface area contributed by atoms with Gasteiger partial charge in [-0.05, 0) is 6.42 Å².